The summed E-state index contributed by atoms with van der Waals surface area (Å²) in [5, 5.41) is 2.05. The highest BCUT2D eigenvalue weighted by Gasteiger charge is 2.31. The predicted octanol–water partition coefficient (Wildman–Crippen LogP) is -1.17. The molecule has 1 atom stereocenters. The van der Waals surface area contributed by atoms with Crippen LogP contribution in [0, 0.1) is 0 Å². The average Bonchev–Trinajstić information content (AvgIpc) is 2.14. The molecule has 1 aliphatic heterocycles. The SMILES string of the molecule is CS(=O)(=O)C1NCCc2nc(N)nc(N)c21. The summed E-state index contributed by atoms with van der Waals surface area (Å²) < 4.78 is 23.2. The topological polar surface area (TPSA) is 124 Å². The number of rotatable bonds is 1. The first-order valence-electron chi connectivity index (χ1n) is 4.73. The molecule has 88 valence electrons. The lowest BCUT2D eigenvalue weighted by molar-refractivity contribution is 0.543. The maximum Gasteiger partial charge on any atom is 0.222 e. The molecule has 5 N–H and O–H groups in total. The van der Waals surface area contributed by atoms with E-state index in [0.717, 1.165) is 6.26 Å². The molecule has 2 rings (SSSR count). The van der Waals surface area contributed by atoms with Crippen LogP contribution in [0.2, 0.25) is 0 Å². The zero-order valence-corrected chi connectivity index (χ0v) is 9.58. The second-order valence-corrected chi connectivity index (χ2v) is 5.87. The molecule has 7 nitrogen and oxygen atoms in total. The first-order valence-corrected chi connectivity index (χ1v) is 6.69. The van der Waals surface area contributed by atoms with Crippen molar-refractivity contribution in [1.29, 1.82) is 0 Å². The van der Waals surface area contributed by atoms with Gasteiger partial charge in [-0.25, -0.2) is 13.4 Å². The third-order valence-corrected chi connectivity index (χ3v) is 3.71. The number of nitrogens with one attached hydrogen (secondary N) is 1. The summed E-state index contributed by atoms with van der Waals surface area (Å²) in [6, 6.07) is 0. The van der Waals surface area contributed by atoms with Gasteiger partial charge in [-0.05, 0) is 0 Å². The average molecular weight is 243 g/mol. The van der Waals surface area contributed by atoms with Gasteiger partial charge in [0.1, 0.15) is 11.2 Å². The van der Waals surface area contributed by atoms with Crippen molar-refractivity contribution in [2.24, 2.45) is 0 Å². The Bertz CT molecular complexity index is 527. The molecule has 16 heavy (non-hydrogen) atoms. The Labute approximate surface area is 93.2 Å². The van der Waals surface area contributed by atoms with E-state index < -0.39 is 15.2 Å². The molecular formula is C8H13N5O2S. The van der Waals surface area contributed by atoms with Crippen LogP contribution in [0.15, 0.2) is 0 Å². The molecule has 1 aromatic rings. The van der Waals surface area contributed by atoms with Crippen molar-refractivity contribution < 1.29 is 8.42 Å². The Morgan fingerprint density at radius 1 is 1.38 bits per heavy atom. The Morgan fingerprint density at radius 3 is 2.69 bits per heavy atom. The summed E-state index contributed by atoms with van der Waals surface area (Å²) in [6.07, 6.45) is 1.74. The van der Waals surface area contributed by atoms with Crippen molar-refractivity contribution >= 4 is 21.6 Å². The van der Waals surface area contributed by atoms with Gasteiger partial charge in [-0.1, -0.05) is 0 Å². The van der Waals surface area contributed by atoms with Gasteiger partial charge in [0.2, 0.25) is 5.95 Å². The van der Waals surface area contributed by atoms with Crippen molar-refractivity contribution in [3.05, 3.63) is 11.3 Å². The van der Waals surface area contributed by atoms with Gasteiger partial charge in [0, 0.05) is 24.8 Å². The normalized spacial score (nSPS) is 20.4. The summed E-state index contributed by atoms with van der Waals surface area (Å²) in [4.78, 5) is 7.81. The van der Waals surface area contributed by atoms with Gasteiger partial charge in [-0.2, -0.15) is 4.98 Å². The van der Waals surface area contributed by atoms with E-state index in [-0.39, 0.29) is 11.8 Å². The van der Waals surface area contributed by atoms with Gasteiger partial charge >= 0.3 is 0 Å². The highest BCUT2D eigenvalue weighted by atomic mass is 32.2. The summed E-state index contributed by atoms with van der Waals surface area (Å²) in [5.41, 5.74) is 12.2. The molecule has 1 unspecified atom stereocenters. The molecule has 0 amide bonds. The van der Waals surface area contributed by atoms with E-state index in [0.29, 0.717) is 24.2 Å². The van der Waals surface area contributed by atoms with Crippen LogP contribution >= 0.6 is 0 Å². The van der Waals surface area contributed by atoms with Gasteiger partial charge < -0.3 is 11.5 Å². The number of hydrogen-bond acceptors (Lipinski definition) is 7. The van der Waals surface area contributed by atoms with Crippen LogP contribution in [0.25, 0.3) is 0 Å². The number of nitrogen functional groups attached to an aromatic ring is 2. The number of nitrogens with zero attached hydrogens (tertiary/aromatic N) is 2. The van der Waals surface area contributed by atoms with E-state index in [4.69, 9.17) is 11.5 Å². The zero-order valence-electron chi connectivity index (χ0n) is 8.77. The van der Waals surface area contributed by atoms with Crippen molar-refractivity contribution in [3.63, 3.8) is 0 Å². The van der Waals surface area contributed by atoms with Crippen LogP contribution in [0.4, 0.5) is 11.8 Å². The molecule has 0 saturated heterocycles. The Hall–Kier alpha value is -1.41. The third-order valence-electron chi connectivity index (χ3n) is 2.45. The third kappa shape index (κ3) is 1.81. The van der Waals surface area contributed by atoms with Crippen molar-refractivity contribution in [3.8, 4) is 0 Å². The Morgan fingerprint density at radius 2 is 2.06 bits per heavy atom. The first-order chi connectivity index (χ1) is 7.39. The Balaban J connectivity index is 2.63. The minimum Gasteiger partial charge on any atom is -0.383 e. The second kappa shape index (κ2) is 3.56. The van der Waals surface area contributed by atoms with Crippen molar-refractivity contribution in [2.75, 3.05) is 24.3 Å². The molecule has 1 aromatic heterocycles. The van der Waals surface area contributed by atoms with E-state index >= 15 is 0 Å². The van der Waals surface area contributed by atoms with Gasteiger partial charge in [-0.3, -0.25) is 5.32 Å². The summed E-state index contributed by atoms with van der Waals surface area (Å²) >= 11 is 0. The smallest absolute Gasteiger partial charge is 0.222 e. The van der Waals surface area contributed by atoms with Gasteiger partial charge in [0.15, 0.2) is 9.84 Å². The minimum atomic E-state index is -3.29. The molecule has 2 heterocycles. The van der Waals surface area contributed by atoms with Gasteiger partial charge in [0.25, 0.3) is 0 Å². The van der Waals surface area contributed by atoms with Crippen LogP contribution in [0.1, 0.15) is 16.6 Å². The molecule has 0 aromatic carbocycles. The summed E-state index contributed by atoms with van der Waals surface area (Å²) in [5.74, 6) is 0.204. The predicted molar refractivity (Wildman–Crippen MR) is 60.1 cm³/mol. The maximum absolute atomic E-state index is 11.6. The highest BCUT2D eigenvalue weighted by molar-refractivity contribution is 7.90. The van der Waals surface area contributed by atoms with Crippen LogP contribution in [-0.2, 0) is 16.3 Å². The van der Waals surface area contributed by atoms with Gasteiger partial charge in [0.05, 0.1) is 5.69 Å². The van der Waals surface area contributed by atoms with Crippen LogP contribution < -0.4 is 16.8 Å². The van der Waals surface area contributed by atoms with Crippen LogP contribution in [0.5, 0.6) is 0 Å². The number of anilines is 2. The molecule has 0 saturated carbocycles. The largest absolute Gasteiger partial charge is 0.383 e. The lowest BCUT2D eigenvalue weighted by atomic mass is 10.1. The lowest BCUT2D eigenvalue weighted by Gasteiger charge is -2.25. The van der Waals surface area contributed by atoms with E-state index in [1.54, 1.807) is 0 Å². The van der Waals surface area contributed by atoms with E-state index in [1.807, 2.05) is 0 Å². The molecule has 1 aliphatic rings. The zero-order chi connectivity index (χ0) is 11.9. The van der Waals surface area contributed by atoms with E-state index in [9.17, 15) is 8.42 Å². The highest BCUT2D eigenvalue weighted by Crippen LogP contribution is 2.29. The molecule has 8 heteroatoms. The number of nitrogens with two attached hydrogens (primary N) is 2. The first kappa shape index (κ1) is 11.1. The molecular weight excluding hydrogens is 230 g/mol. The molecule has 0 bridgehead atoms. The monoisotopic (exact) mass is 243 g/mol. The van der Waals surface area contributed by atoms with E-state index in [2.05, 4.69) is 15.3 Å². The fraction of sp³-hybridized carbons (Fsp3) is 0.500. The fourth-order valence-corrected chi connectivity index (χ4v) is 2.93. The van der Waals surface area contributed by atoms with Crippen molar-refractivity contribution in [2.45, 2.75) is 11.8 Å². The number of fused-ring (bicyclic) bond motifs is 1. The fourth-order valence-electron chi connectivity index (χ4n) is 1.82. The van der Waals surface area contributed by atoms with Crippen LogP contribution in [-0.4, -0.2) is 31.2 Å². The van der Waals surface area contributed by atoms with E-state index in [1.165, 1.54) is 0 Å². The molecule has 0 radical (unpaired) electrons. The molecule has 0 fully saturated rings. The standard InChI is InChI=1S/C8H13N5O2S/c1-16(14,15)7-5-4(2-3-11-7)12-8(10)13-6(5)9/h7,11H,2-3H2,1H3,(H4,9,10,12,13). The molecule has 0 aliphatic carbocycles. The Kier molecular flexibility index (Phi) is 2.47. The second-order valence-electron chi connectivity index (χ2n) is 3.74. The van der Waals surface area contributed by atoms with Crippen molar-refractivity contribution in [1.82, 2.24) is 15.3 Å². The lowest BCUT2D eigenvalue weighted by Crippen LogP contribution is -2.36. The summed E-state index contributed by atoms with van der Waals surface area (Å²) in [6.45, 7) is 0.528. The summed E-state index contributed by atoms with van der Waals surface area (Å²) in [7, 11) is -3.29. The van der Waals surface area contributed by atoms with Crippen LogP contribution in [0.3, 0.4) is 0 Å². The number of hydrogen-bond donors (Lipinski definition) is 3. The number of aromatic nitrogens is 2. The van der Waals surface area contributed by atoms with Gasteiger partial charge in [-0.15, -0.1) is 0 Å². The minimum absolute atomic E-state index is 0.0744. The number of sulfone groups is 1. The maximum atomic E-state index is 11.6. The quantitative estimate of drug-likeness (QED) is 0.567. The molecule has 0 spiro atoms.